The van der Waals surface area contributed by atoms with E-state index in [2.05, 4.69) is 33.0 Å². The van der Waals surface area contributed by atoms with Gasteiger partial charge in [0.15, 0.2) is 0 Å². The molecular formula is C13H30N2. The first-order valence-electron chi connectivity index (χ1n) is 6.49. The molecule has 0 aliphatic carbocycles. The van der Waals surface area contributed by atoms with Crippen LogP contribution in [-0.4, -0.2) is 18.6 Å². The largest absolute Gasteiger partial charge is 0.329 e. The van der Waals surface area contributed by atoms with Crippen molar-refractivity contribution in [2.75, 3.05) is 13.1 Å². The lowest BCUT2D eigenvalue weighted by molar-refractivity contribution is 0.311. The Labute approximate surface area is 96.0 Å². The van der Waals surface area contributed by atoms with Gasteiger partial charge in [-0.3, -0.25) is 0 Å². The van der Waals surface area contributed by atoms with Crippen LogP contribution in [0.3, 0.4) is 0 Å². The van der Waals surface area contributed by atoms with Gasteiger partial charge in [-0.1, -0.05) is 46.5 Å². The van der Waals surface area contributed by atoms with E-state index >= 15 is 0 Å². The van der Waals surface area contributed by atoms with Gasteiger partial charge in [-0.25, -0.2) is 0 Å². The summed E-state index contributed by atoms with van der Waals surface area (Å²) in [6, 6.07) is 0. The Kier molecular flexibility index (Phi) is 8.07. The normalized spacial score (nSPS) is 15.6. The number of rotatable bonds is 9. The van der Waals surface area contributed by atoms with Gasteiger partial charge in [0.25, 0.3) is 0 Å². The molecule has 0 fully saturated rings. The Bertz CT molecular complexity index is 145. The fourth-order valence-corrected chi connectivity index (χ4v) is 1.66. The van der Waals surface area contributed by atoms with Crippen LogP contribution >= 0.6 is 0 Å². The lowest BCUT2D eigenvalue weighted by atomic mass is 9.93. The van der Waals surface area contributed by atoms with Gasteiger partial charge >= 0.3 is 0 Å². The molecule has 0 amide bonds. The second kappa shape index (κ2) is 8.12. The summed E-state index contributed by atoms with van der Waals surface area (Å²) < 4.78 is 0. The van der Waals surface area contributed by atoms with Crippen molar-refractivity contribution in [2.24, 2.45) is 11.7 Å². The first kappa shape index (κ1) is 14.9. The van der Waals surface area contributed by atoms with Gasteiger partial charge in [0.2, 0.25) is 0 Å². The first-order chi connectivity index (χ1) is 7.04. The van der Waals surface area contributed by atoms with Crippen molar-refractivity contribution < 1.29 is 0 Å². The summed E-state index contributed by atoms with van der Waals surface area (Å²) in [6.45, 7) is 10.8. The second-order valence-corrected chi connectivity index (χ2v) is 5.35. The van der Waals surface area contributed by atoms with Crippen LogP contribution in [0.5, 0.6) is 0 Å². The topological polar surface area (TPSA) is 38.0 Å². The highest BCUT2D eigenvalue weighted by Crippen LogP contribution is 2.14. The smallest absolute Gasteiger partial charge is 0.0275 e. The first-order valence-corrected chi connectivity index (χ1v) is 6.49. The number of hydrogen-bond donors (Lipinski definition) is 2. The maximum absolute atomic E-state index is 5.85. The van der Waals surface area contributed by atoms with Crippen molar-refractivity contribution in [2.45, 2.75) is 65.3 Å². The quantitative estimate of drug-likeness (QED) is 0.579. The number of nitrogens with two attached hydrogens (primary N) is 1. The van der Waals surface area contributed by atoms with Crippen LogP contribution in [-0.2, 0) is 0 Å². The highest BCUT2D eigenvalue weighted by Gasteiger charge is 2.20. The standard InChI is InChI=1S/C13H30N2/c1-5-6-7-8-9-13(4,11-14)15-10-12(2)3/h12,15H,5-11,14H2,1-4H3. The van der Waals surface area contributed by atoms with Crippen molar-refractivity contribution in [1.29, 1.82) is 0 Å². The van der Waals surface area contributed by atoms with E-state index in [0.717, 1.165) is 13.1 Å². The third kappa shape index (κ3) is 7.80. The summed E-state index contributed by atoms with van der Waals surface area (Å²) in [5.41, 5.74) is 6.00. The highest BCUT2D eigenvalue weighted by molar-refractivity contribution is 4.84. The van der Waals surface area contributed by atoms with Crippen molar-refractivity contribution >= 4 is 0 Å². The molecule has 0 bridgehead atoms. The Hall–Kier alpha value is -0.0800. The summed E-state index contributed by atoms with van der Waals surface area (Å²) in [7, 11) is 0. The summed E-state index contributed by atoms with van der Waals surface area (Å²) in [4.78, 5) is 0. The summed E-state index contributed by atoms with van der Waals surface area (Å²) in [5, 5.41) is 3.60. The fraction of sp³-hybridized carbons (Fsp3) is 1.00. The van der Waals surface area contributed by atoms with Crippen LogP contribution in [0.15, 0.2) is 0 Å². The van der Waals surface area contributed by atoms with E-state index in [4.69, 9.17) is 5.73 Å². The fourth-order valence-electron chi connectivity index (χ4n) is 1.66. The van der Waals surface area contributed by atoms with Gasteiger partial charge in [0.1, 0.15) is 0 Å². The SMILES string of the molecule is CCCCCCC(C)(CN)NCC(C)C. The molecule has 3 N–H and O–H groups in total. The Morgan fingerprint density at radius 3 is 2.33 bits per heavy atom. The molecule has 0 saturated carbocycles. The lowest BCUT2D eigenvalue weighted by Crippen LogP contribution is -2.49. The summed E-state index contributed by atoms with van der Waals surface area (Å²) in [6.07, 6.45) is 6.50. The average Bonchev–Trinajstić information content (AvgIpc) is 2.22. The third-order valence-electron chi connectivity index (χ3n) is 2.97. The Morgan fingerprint density at radius 2 is 1.87 bits per heavy atom. The van der Waals surface area contributed by atoms with Crippen LogP contribution in [0, 0.1) is 5.92 Å². The van der Waals surface area contributed by atoms with Gasteiger partial charge < -0.3 is 11.1 Å². The number of hydrogen-bond acceptors (Lipinski definition) is 2. The number of nitrogens with one attached hydrogen (secondary N) is 1. The van der Waals surface area contributed by atoms with Crippen LogP contribution in [0.1, 0.15) is 59.8 Å². The van der Waals surface area contributed by atoms with E-state index in [1.54, 1.807) is 0 Å². The molecule has 0 aromatic carbocycles. The zero-order valence-corrected chi connectivity index (χ0v) is 11.1. The second-order valence-electron chi connectivity index (χ2n) is 5.35. The van der Waals surface area contributed by atoms with Crippen LogP contribution in [0.2, 0.25) is 0 Å². The molecule has 0 aliphatic heterocycles. The van der Waals surface area contributed by atoms with Crippen LogP contribution < -0.4 is 11.1 Å². The minimum Gasteiger partial charge on any atom is -0.329 e. The molecule has 0 radical (unpaired) electrons. The van der Waals surface area contributed by atoms with Crippen molar-refractivity contribution in [3.8, 4) is 0 Å². The maximum atomic E-state index is 5.85. The number of unbranched alkanes of at least 4 members (excludes halogenated alkanes) is 3. The zero-order valence-electron chi connectivity index (χ0n) is 11.1. The van der Waals surface area contributed by atoms with Gasteiger partial charge in [0, 0.05) is 12.1 Å². The molecule has 92 valence electrons. The molecule has 2 heteroatoms. The Balaban J connectivity index is 3.75. The van der Waals surface area contributed by atoms with Gasteiger partial charge in [0.05, 0.1) is 0 Å². The van der Waals surface area contributed by atoms with Gasteiger partial charge in [-0.15, -0.1) is 0 Å². The third-order valence-corrected chi connectivity index (χ3v) is 2.97. The monoisotopic (exact) mass is 214 g/mol. The van der Waals surface area contributed by atoms with Crippen LogP contribution in [0.4, 0.5) is 0 Å². The molecule has 0 aromatic heterocycles. The minimum absolute atomic E-state index is 0.151. The lowest BCUT2D eigenvalue weighted by Gasteiger charge is -2.30. The molecule has 0 aliphatic rings. The van der Waals surface area contributed by atoms with E-state index in [1.165, 1.54) is 32.1 Å². The molecule has 0 heterocycles. The maximum Gasteiger partial charge on any atom is 0.0275 e. The van der Waals surface area contributed by atoms with Crippen molar-refractivity contribution in [3.05, 3.63) is 0 Å². The predicted octanol–water partition coefficient (Wildman–Crippen LogP) is 2.92. The predicted molar refractivity (Wildman–Crippen MR) is 69.1 cm³/mol. The van der Waals surface area contributed by atoms with E-state index < -0.39 is 0 Å². The zero-order chi connectivity index (χ0) is 11.7. The van der Waals surface area contributed by atoms with E-state index in [9.17, 15) is 0 Å². The molecule has 1 unspecified atom stereocenters. The average molecular weight is 214 g/mol. The molecule has 0 spiro atoms. The van der Waals surface area contributed by atoms with E-state index in [-0.39, 0.29) is 5.54 Å². The molecular weight excluding hydrogens is 184 g/mol. The Morgan fingerprint density at radius 1 is 1.20 bits per heavy atom. The minimum atomic E-state index is 0.151. The molecule has 1 atom stereocenters. The van der Waals surface area contributed by atoms with Gasteiger partial charge in [-0.2, -0.15) is 0 Å². The van der Waals surface area contributed by atoms with Gasteiger partial charge in [-0.05, 0) is 25.8 Å². The molecule has 2 nitrogen and oxygen atoms in total. The summed E-state index contributed by atoms with van der Waals surface area (Å²) >= 11 is 0. The molecule has 15 heavy (non-hydrogen) atoms. The van der Waals surface area contributed by atoms with E-state index in [1.807, 2.05) is 0 Å². The highest BCUT2D eigenvalue weighted by atomic mass is 15.0. The van der Waals surface area contributed by atoms with Crippen molar-refractivity contribution in [1.82, 2.24) is 5.32 Å². The van der Waals surface area contributed by atoms with Crippen molar-refractivity contribution in [3.63, 3.8) is 0 Å². The van der Waals surface area contributed by atoms with E-state index in [0.29, 0.717) is 5.92 Å². The molecule has 0 saturated heterocycles. The molecule has 0 aromatic rings. The summed E-state index contributed by atoms with van der Waals surface area (Å²) in [5.74, 6) is 0.700. The molecule has 0 rings (SSSR count). The van der Waals surface area contributed by atoms with Crippen LogP contribution in [0.25, 0.3) is 0 Å².